The molecule has 1 heterocycles. The molecular formula is C25H23F9N2O3S. The van der Waals surface area contributed by atoms with E-state index in [1.54, 1.807) is 0 Å². The normalized spacial score (nSPS) is 20.9. The average molecular weight is 603 g/mol. The topological polar surface area (TPSA) is 53.0 Å². The fourth-order valence-corrected chi connectivity index (χ4v) is 5.82. The second kappa shape index (κ2) is 10.5. The van der Waals surface area contributed by atoms with Gasteiger partial charge in [-0.25, -0.2) is 17.5 Å². The molecule has 1 aliphatic heterocycles. The van der Waals surface area contributed by atoms with Gasteiger partial charge in [-0.05, 0) is 61.8 Å². The zero-order valence-electron chi connectivity index (χ0n) is 20.8. The van der Waals surface area contributed by atoms with Crippen LogP contribution in [0.15, 0.2) is 41.3 Å². The van der Waals surface area contributed by atoms with Crippen molar-refractivity contribution in [1.29, 1.82) is 0 Å². The summed E-state index contributed by atoms with van der Waals surface area (Å²) in [4.78, 5) is 13.1. The Balaban J connectivity index is 1.76. The van der Waals surface area contributed by atoms with E-state index in [1.165, 1.54) is 28.4 Å². The second-order valence-electron chi connectivity index (χ2n) is 9.93. The van der Waals surface area contributed by atoms with E-state index < -0.39 is 78.7 Å². The predicted octanol–water partition coefficient (Wildman–Crippen LogP) is 7.53. The van der Waals surface area contributed by atoms with Crippen LogP contribution >= 0.6 is 11.9 Å². The van der Waals surface area contributed by atoms with Crippen LogP contribution in [-0.4, -0.2) is 53.7 Å². The lowest BCUT2D eigenvalue weighted by Gasteiger charge is -2.43. The lowest BCUT2D eigenvalue weighted by atomic mass is 9.66. The van der Waals surface area contributed by atoms with Gasteiger partial charge in [-0.15, -0.1) is 0 Å². The molecule has 0 bridgehead atoms. The number of rotatable bonds is 7. The van der Waals surface area contributed by atoms with Gasteiger partial charge in [-0.3, -0.25) is 4.79 Å². The third-order valence-electron chi connectivity index (χ3n) is 6.86. The Bertz CT molecular complexity index is 1240. The van der Waals surface area contributed by atoms with Crippen LogP contribution < -0.4 is 9.64 Å². The number of alkyl halides is 8. The number of hydrogen-bond acceptors (Lipinski definition) is 5. The lowest BCUT2D eigenvalue weighted by molar-refractivity contribution is -0.200. The van der Waals surface area contributed by atoms with Crippen molar-refractivity contribution < 1.29 is 54.2 Å². The molecule has 5 nitrogen and oxygen atoms in total. The van der Waals surface area contributed by atoms with Crippen molar-refractivity contribution in [3.63, 3.8) is 0 Å². The maximum absolute atomic E-state index is 14.2. The van der Waals surface area contributed by atoms with Crippen molar-refractivity contribution >= 4 is 29.3 Å². The number of fused-ring (bicyclic) bond motifs is 1. The molecule has 15 heteroatoms. The maximum Gasteiger partial charge on any atom is 0.420 e. The minimum atomic E-state index is -5.03. The number of anilines is 2. The van der Waals surface area contributed by atoms with Crippen molar-refractivity contribution in [1.82, 2.24) is 4.31 Å². The number of carbonyl (C=O) groups is 1. The summed E-state index contributed by atoms with van der Waals surface area (Å²) in [5.74, 6) is -6.36. The van der Waals surface area contributed by atoms with Crippen LogP contribution in [0, 0.1) is 11.2 Å². The van der Waals surface area contributed by atoms with Crippen molar-refractivity contribution in [2.75, 3.05) is 25.1 Å². The van der Waals surface area contributed by atoms with Crippen LogP contribution in [-0.2, 0) is 11.0 Å². The molecule has 4 rings (SSSR count). The predicted molar refractivity (Wildman–Crippen MR) is 127 cm³/mol. The van der Waals surface area contributed by atoms with Gasteiger partial charge >= 0.3 is 18.3 Å². The molecule has 220 valence electrons. The van der Waals surface area contributed by atoms with E-state index in [0.717, 1.165) is 30.1 Å². The first kappa shape index (κ1) is 30.2. The van der Waals surface area contributed by atoms with Gasteiger partial charge in [-0.1, -0.05) is 0 Å². The van der Waals surface area contributed by atoms with Crippen molar-refractivity contribution in [3.05, 3.63) is 47.8 Å². The molecule has 1 unspecified atom stereocenters. The number of aliphatic carboxylic acids is 1. The molecule has 1 atom stereocenters. The highest BCUT2D eigenvalue weighted by Crippen LogP contribution is 2.53. The Morgan fingerprint density at radius 2 is 1.73 bits per heavy atom. The van der Waals surface area contributed by atoms with Crippen LogP contribution in [0.3, 0.4) is 0 Å². The molecule has 2 aliphatic rings. The molecule has 0 aromatic heterocycles. The van der Waals surface area contributed by atoms with E-state index in [0.29, 0.717) is 6.07 Å². The number of benzene rings is 2. The summed E-state index contributed by atoms with van der Waals surface area (Å²) in [6.07, 6.45) is -13.2. The van der Waals surface area contributed by atoms with Crippen molar-refractivity contribution in [3.8, 4) is 5.75 Å². The summed E-state index contributed by atoms with van der Waals surface area (Å²) in [6.45, 7) is -1.12. The SMILES string of the molecule is CN1Sc2cc(OCC3(C(=O)O)CC(F)(F)C3)c(C(F)(F)F)cc2N(c2ccc(F)cc2)CC1CCC(F)(F)F. The smallest absolute Gasteiger partial charge is 0.420 e. The summed E-state index contributed by atoms with van der Waals surface area (Å²) in [5, 5.41) is 9.44. The third kappa shape index (κ3) is 6.56. The Morgan fingerprint density at radius 1 is 1.10 bits per heavy atom. The van der Waals surface area contributed by atoms with Gasteiger partial charge in [0.05, 0.1) is 16.1 Å². The summed E-state index contributed by atoms with van der Waals surface area (Å²) in [5.41, 5.74) is -3.24. The fraction of sp³-hybridized carbons (Fsp3) is 0.480. The number of carboxylic acids is 1. The minimum absolute atomic E-state index is 0.0548. The van der Waals surface area contributed by atoms with Crippen LogP contribution in [0.5, 0.6) is 5.75 Å². The Morgan fingerprint density at radius 3 is 2.25 bits per heavy atom. The quantitative estimate of drug-likeness (QED) is 0.261. The van der Waals surface area contributed by atoms with Crippen LogP contribution in [0.4, 0.5) is 50.9 Å². The molecule has 2 aromatic rings. The first-order valence-corrected chi connectivity index (χ1v) is 12.7. The summed E-state index contributed by atoms with van der Waals surface area (Å²) < 4.78 is 129. The van der Waals surface area contributed by atoms with E-state index in [9.17, 15) is 49.4 Å². The summed E-state index contributed by atoms with van der Waals surface area (Å²) in [7, 11) is 1.47. The van der Waals surface area contributed by atoms with E-state index in [4.69, 9.17) is 4.74 Å². The van der Waals surface area contributed by atoms with Gasteiger partial charge in [0.2, 0.25) is 0 Å². The van der Waals surface area contributed by atoms with Gasteiger partial charge < -0.3 is 14.7 Å². The standard InChI is InChI=1S/C25H23F9N2O3S/c1-35-16(6-7-24(29,30)31)10-36(15-4-2-14(26)3-5-15)18-8-17(25(32,33)34)19(9-20(18)40-35)39-13-22(21(37)38)11-23(27,28)12-22/h2-5,8-9,16H,6-7,10-13H2,1H3,(H,37,38). The number of hydrogen-bond donors (Lipinski definition) is 1. The minimum Gasteiger partial charge on any atom is -0.492 e. The first-order chi connectivity index (χ1) is 18.4. The maximum atomic E-state index is 14.2. The third-order valence-corrected chi connectivity index (χ3v) is 7.97. The molecule has 1 N–H and O–H groups in total. The number of nitrogens with zero attached hydrogens (tertiary/aromatic N) is 2. The monoisotopic (exact) mass is 602 g/mol. The molecule has 1 aliphatic carbocycles. The van der Waals surface area contributed by atoms with Crippen LogP contribution in [0.2, 0.25) is 0 Å². The molecule has 0 saturated heterocycles. The summed E-state index contributed by atoms with van der Waals surface area (Å²) >= 11 is 0.852. The first-order valence-electron chi connectivity index (χ1n) is 11.9. The van der Waals surface area contributed by atoms with Gasteiger partial charge in [0.15, 0.2) is 0 Å². The highest BCUT2D eigenvalue weighted by atomic mass is 32.2. The average Bonchev–Trinajstić information content (AvgIpc) is 2.94. The molecule has 2 aromatic carbocycles. The number of halogens is 9. The van der Waals surface area contributed by atoms with Crippen LogP contribution in [0.1, 0.15) is 31.2 Å². The molecule has 1 saturated carbocycles. The van der Waals surface area contributed by atoms with Crippen molar-refractivity contribution in [2.45, 2.75) is 54.9 Å². The lowest BCUT2D eigenvalue weighted by Crippen LogP contribution is -2.54. The zero-order valence-corrected chi connectivity index (χ0v) is 21.6. The number of carboxylic acid groups (broad SMARTS) is 1. The molecular weight excluding hydrogens is 579 g/mol. The van der Waals surface area contributed by atoms with Gasteiger partial charge in [0.1, 0.15) is 23.6 Å². The molecule has 0 radical (unpaired) electrons. The van der Waals surface area contributed by atoms with Crippen molar-refractivity contribution in [2.24, 2.45) is 5.41 Å². The molecule has 0 amide bonds. The summed E-state index contributed by atoms with van der Waals surface area (Å²) in [6, 6.07) is 5.54. The highest BCUT2D eigenvalue weighted by molar-refractivity contribution is 7.97. The van der Waals surface area contributed by atoms with Gasteiger partial charge in [0.25, 0.3) is 5.92 Å². The highest BCUT2D eigenvalue weighted by Gasteiger charge is 2.62. The Hall–Kier alpha value is -2.81. The Labute approximate surface area is 227 Å². The van der Waals surface area contributed by atoms with Gasteiger partial charge in [-0.2, -0.15) is 26.3 Å². The molecule has 40 heavy (non-hydrogen) atoms. The fourth-order valence-electron chi connectivity index (χ4n) is 4.77. The number of ether oxygens (including phenoxy) is 1. The largest absolute Gasteiger partial charge is 0.492 e. The molecule has 1 fully saturated rings. The van der Waals surface area contributed by atoms with E-state index >= 15 is 0 Å². The van der Waals surface area contributed by atoms with E-state index in [-0.39, 0.29) is 29.2 Å². The van der Waals surface area contributed by atoms with E-state index in [1.807, 2.05) is 0 Å². The second-order valence-corrected chi connectivity index (χ2v) is 11.1. The van der Waals surface area contributed by atoms with Crippen LogP contribution in [0.25, 0.3) is 0 Å². The van der Waals surface area contributed by atoms with Gasteiger partial charge in [0, 0.05) is 37.5 Å². The Kier molecular flexibility index (Phi) is 7.95. The van der Waals surface area contributed by atoms with E-state index in [2.05, 4.69) is 0 Å². The zero-order chi connectivity index (χ0) is 29.7. The molecule has 0 spiro atoms. The number of likely N-dealkylation sites (N-methyl/N-ethyl adjacent to an activating group) is 1.